The van der Waals surface area contributed by atoms with Crippen molar-refractivity contribution in [3.63, 3.8) is 0 Å². The molecule has 0 spiro atoms. The molecule has 0 amide bonds. The monoisotopic (exact) mass is 281 g/mol. The molecule has 6 nitrogen and oxygen atoms in total. The largest absolute Gasteiger partial charge is 0.479 e. The molecule has 1 aromatic carbocycles. The number of benzene rings is 1. The second-order valence-electron chi connectivity index (χ2n) is 5.48. The van der Waals surface area contributed by atoms with E-state index in [0.717, 1.165) is 0 Å². The van der Waals surface area contributed by atoms with Crippen molar-refractivity contribution in [2.45, 2.75) is 38.0 Å². The van der Waals surface area contributed by atoms with E-state index >= 15 is 0 Å². The van der Waals surface area contributed by atoms with Gasteiger partial charge in [-0.05, 0) is 26.3 Å². The molecule has 0 aliphatic carbocycles. The highest BCUT2D eigenvalue weighted by molar-refractivity contribution is 5.90. The van der Waals surface area contributed by atoms with Gasteiger partial charge in [0.2, 0.25) is 0 Å². The number of aliphatic carboxylic acids is 1. The van der Waals surface area contributed by atoms with Gasteiger partial charge in [-0.1, -0.05) is 30.3 Å². The number of carboxylic acid groups (broad SMARTS) is 1. The molecule has 110 valence electrons. The number of esters is 1. The third kappa shape index (κ3) is 3.34. The average Bonchev–Trinajstić information content (AvgIpc) is 2.35. The lowest BCUT2D eigenvalue weighted by atomic mass is 9.85. The van der Waals surface area contributed by atoms with Gasteiger partial charge in [0, 0.05) is 0 Å². The fourth-order valence-corrected chi connectivity index (χ4v) is 1.66. The summed E-state index contributed by atoms with van der Waals surface area (Å²) in [6.07, 6.45) is -2.11. The first-order chi connectivity index (χ1) is 9.09. The van der Waals surface area contributed by atoms with E-state index in [0.29, 0.717) is 0 Å². The Kier molecular flexibility index (Phi) is 4.52. The second-order valence-corrected chi connectivity index (χ2v) is 5.48. The first-order valence-corrected chi connectivity index (χ1v) is 6.08. The molecule has 0 radical (unpaired) electrons. The third-order valence-electron chi connectivity index (χ3n) is 2.65. The van der Waals surface area contributed by atoms with Gasteiger partial charge in [0.25, 0.3) is 0 Å². The Hall–Kier alpha value is -1.92. The Morgan fingerprint density at radius 2 is 1.70 bits per heavy atom. The van der Waals surface area contributed by atoms with Crippen molar-refractivity contribution in [1.29, 1.82) is 0 Å². The van der Waals surface area contributed by atoms with Crippen LogP contribution in [-0.4, -0.2) is 33.9 Å². The van der Waals surface area contributed by atoms with E-state index in [1.807, 2.05) is 0 Å². The van der Waals surface area contributed by atoms with Crippen LogP contribution in [-0.2, 0) is 19.9 Å². The topological polar surface area (TPSA) is 110 Å². The number of nitrogens with two attached hydrogens (primary N) is 1. The molecule has 0 bridgehead atoms. The van der Waals surface area contributed by atoms with E-state index in [-0.39, 0.29) is 5.56 Å². The summed E-state index contributed by atoms with van der Waals surface area (Å²) < 4.78 is 5.14. The lowest BCUT2D eigenvalue weighted by molar-refractivity contribution is -0.174. The minimum Gasteiger partial charge on any atom is -0.479 e. The normalized spacial score (nSPS) is 16.1. The number of hydrogen-bond donors (Lipinski definition) is 3. The van der Waals surface area contributed by atoms with E-state index in [1.54, 1.807) is 39.0 Å². The van der Waals surface area contributed by atoms with Crippen LogP contribution >= 0.6 is 0 Å². The van der Waals surface area contributed by atoms with Gasteiger partial charge in [-0.15, -0.1) is 0 Å². The number of carbonyl (C=O) groups is 2. The minimum absolute atomic E-state index is 0.171. The van der Waals surface area contributed by atoms with Gasteiger partial charge in [0.1, 0.15) is 5.60 Å². The number of ether oxygens (including phenoxy) is 1. The lowest BCUT2D eigenvalue weighted by Crippen LogP contribution is -2.59. The molecule has 0 saturated carbocycles. The standard InChI is InChI=1S/C14H19NO5/c1-13(2,3)20-12(19)14(15,10(16)11(17)18)9-7-5-4-6-8-9/h4-8,10,16H,15H2,1-3H3,(H,17,18)/t10-,14-/m0/s1. The maximum Gasteiger partial charge on any atom is 0.335 e. The summed E-state index contributed by atoms with van der Waals surface area (Å²) in [5.74, 6) is -2.59. The maximum absolute atomic E-state index is 12.3. The number of rotatable bonds is 4. The zero-order valence-electron chi connectivity index (χ0n) is 11.7. The van der Waals surface area contributed by atoms with Crippen LogP contribution in [0.4, 0.5) is 0 Å². The summed E-state index contributed by atoms with van der Waals surface area (Å²) in [7, 11) is 0. The van der Waals surface area contributed by atoms with Crippen LogP contribution < -0.4 is 5.73 Å². The van der Waals surface area contributed by atoms with Crippen molar-refractivity contribution >= 4 is 11.9 Å². The number of carbonyl (C=O) groups excluding carboxylic acids is 1. The molecule has 4 N–H and O–H groups in total. The quantitative estimate of drug-likeness (QED) is 0.698. The average molecular weight is 281 g/mol. The highest BCUT2D eigenvalue weighted by atomic mass is 16.6. The summed E-state index contributed by atoms with van der Waals surface area (Å²) >= 11 is 0. The fraction of sp³-hybridized carbons (Fsp3) is 0.429. The van der Waals surface area contributed by atoms with Gasteiger partial charge in [-0.3, -0.25) is 0 Å². The predicted octanol–water partition coefficient (Wildman–Crippen LogP) is 0.628. The van der Waals surface area contributed by atoms with Crippen molar-refractivity contribution in [2.24, 2.45) is 5.73 Å². The molecule has 0 fully saturated rings. The Morgan fingerprint density at radius 1 is 1.20 bits per heavy atom. The lowest BCUT2D eigenvalue weighted by Gasteiger charge is -2.33. The molecule has 0 aliphatic rings. The molecule has 1 rings (SSSR count). The van der Waals surface area contributed by atoms with Gasteiger partial charge in [-0.2, -0.15) is 0 Å². The molecular weight excluding hydrogens is 262 g/mol. The van der Waals surface area contributed by atoms with Crippen molar-refractivity contribution in [2.75, 3.05) is 0 Å². The van der Waals surface area contributed by atoms with Crippen LogP contribution in [0.3, 0.4) is 0 Å². The number of carboxylic acids is 1. The van der Waals surface area contributed by atoms with Crippen LogP contribution in [0.25, 0.3) is 0 Å². The van der Waals surface area contributed by atoms with Crippen LogP contribution in [0.1, 0.15) is 26.3 Å². The summed E-state index contributed by atoms with van der Waals surface area (Å²) in [6.45, 7) is 4.89. The molecule has 6 heteroatoms. The molecule has 0 unspecified atom stereocenters. The van der Waals surface area contributed by atoms with E-state index in [4.69, 9.17) is 15.6 Å². The van der Waals surface area contributed by atoms with Gasteiger partial charge in [0.15, 0.2) is 11.6 Å². The molecule has 20 heavy (non-hydrogen) atoms. The Labute approximate surface area is 117 Å². The van der Waals surface area contributed by atoms with Crippen LogP contribution in [0.15, 0.2) is 30.3 Å². The van der Waals surface area contributed by atoms with Gasteiger partial charge in [0.05, 0.1) is 0 Å². The van der Waals surface area contributed by atoms with Gasteiger partial charge < -0.3 is 20.7 Å². The molecule has 0 heterocycles. The minimum atomic E-state index is -2.17. The first kappa shape index (κ1) is 16.1. The second kappa shape index (κ2) is 5.60. The first-order valence-electron chi connectivity index (χ1n) is 6.08. The van der Waals surface area contributed by atoms with E-state index < -0.39 is 29.2 Å². The Balaban J connectivity index is 3.28. The maximum atomic E-state index is 12.3. The van der Waals surface area contributed by atoms with Crippen molar-refractivity contribution in [3.8, 4) is 0 Å². The zero-order chi connectivity index (χ0) is 15.6. The molecule has 0 aromatic heterocycles. The van der Waals surface area contributed by atoms with E-state index in [1.165, 1.54) is 12.1 Å². The highest BCUT2D eigenvalue weighted by Crippen LogP contribution is 2.26. The van der Waals surface area contributed by atoms with Crippen molar-refractivity contribution in [3.05, 3.63) is 35.9 Å². The Bertz CT molecular complexity index is 494. The van der Waals surface area contributed by atoms with Crippen molar-refractivity contribution in [1.82, 2.24) is 0 Å². The van der Waals surface area contributed by atoms with E-state index in [2.05, 4.69) is 0 Å². The highest BCUT2D eigenvalue weighted by Gasteiger charge is 2.49. The Morgan fingerprint density at radius 3 is 2.10 bits per heavy atom. The number of aliphatic hydroxyl groups is 1. The molecule has 0 aliphatic heterocycles. The SMILES string of the molecule is CC(C)(C)OC(=O)[C@](N)(c1ccccc1)[C@@H](O)C(=O)O. The molecule has 2 atom stereocenters. The third-order valence-corrected chi connectivity index (χ3v) is 2.65. The summed E-state index contributed by atoms with van der Waals surface area (Å²) in [6, 6.07) is 7.81. The van der Waals surface area contributed by atoms with Crippen LogP contribution in [0.2, 0.25) is 0 Å². The molecular formula is C14H19NO5. The molecule has 0 saturated heterocycles. The van der Waals surface area contributed by atoms with Crippen LogP contribution in [0.5, 0.6) is 0 Å². The number of aliphatic hydroxyl groups excluding tert-OH is 1. The molecule has 1 aromatic rings. The van der Waals surface area contributed by atoms with Crippen molar-refractivity contribution < 1.29 is 24.5 Å². The smallest absolute Gasteiger partial charge is 0.335 e. The van der Waals surface area contributed by atoms with Gasteiger partial charge in [-0.25, -0.2) is 9.59 Å². The summed E-state index contributed by atoms with van der Waals surface area (Å²) in [5.41, 5.74) is 3.06. The van der Waals surface area contributed by atoms with E-state index in [9.17, 15) is 14.7 Å². The fourth-order valence-electron chi connectivity index (χ4n) is 1.66. The van der Waals surface area contributed by atoms with Crippen LogP contribution in [0, 0.1) is 0 Å². The van der Waals surface area contributed by atoms with Gasteiger partial charge >= 0.3 is 11.9 Å². The number of hydrogen-bond acceptors (Lipinski definition) is 5. The zero-order valence-corrected chi connectivity index (χ0v) is 11.7. The summed E-state index contributed by atoms with van der Waals surface area (Å²) in [4.78, 5) is 23.3. The summed E-state index contributed by atoms with van der Waals surface area (Å²) in [5, 5.41) is 18.8. The predicted molar refractivity (Wildman–Crippen MR) is 71.8 cm³/mol.